The van der Waals surface area contributed by atoms with E-state index >= 15 is 0 Å². The summed E-state index contributed by atoms with van der Waals surface area (Å²) < 4.78 is 9.09. The van der Waals surface area contributed by atoms with Gasteiger partial charge in [0.1, 0.15) is 0 Å². The van der Waals surface area contributed by atoms with E-state index in [1.165, 1.54) is 10.3 Å². The Morgan fingerprint density at radius 1 is 1.36 bits per heavy atom. The molecule has 1 aromatic carbocycles. The summed E-state index contributed by atoms with van der Waals surface area (Å²) in [5.74, 6) is 0. The molecular weight excluding hydrogens is 296 g/mol. The van der Waals surface area contributed by atoms with Crippen LogP contribution in [0.25, 0.3) is 10.2 Å². The molecule has 0 spiro atoms. The Kier molecular flexibility index (Phi) is 3.56. The van der Waals surface area contributed by atoms with Gasteiger partial charge >= 0.3 is 0 Å². The van der Waals surface area contributed by atoms with Crippen molar-refractivity contribution in [2.24, 2.45) is 0 Å². The molecule has 1 atom stereocenters. The zero-order valence-electron chi connectivity index (χ0n) is 12.5. The Balaban J connectivity index is 1.50. The highest BCUT2D eigenvalue weighted by Gasteiger charge is 2.23. The summed E-state index contributed by atoms with van der Waals surface area (Å²) in [6, 6.07) is 8.29. The summed E-state index contributed by atoms with van der Waals surface area (Å²) in [6.45, 7) is 5.34. The number of ether oxygens (including phenoxy) is 1. The zero-order valence-corrected chi connectivity index (χ0v) is 13.3. The molecule has 22 heavy (non-hydrogen) atoms. The van der Waals surface area contributed by atoms with Crippen LogP contribution in [-0.2, 0) is 11.3 Å². The standard InChI is InChI=1S/C16H18N4OS/c1-12-8-17-20(9-12)11-13-10-19(6-7-21-13)16-18-14-4-2-3-5-15(14)22-16/h2-5,8-9,13H,6-7,10-11H2,1H3. The third kappa shape index (κ3) is 2.71. The number of hydrogen-bond acceptors (Lipinski definition) is 5. The molecule has 0 aliphatic carbocycles. The lowest BCUT2D eigenvalue weighted by atomic mass is 10.3. The highest BCUT2D eigenvalue weighted by atomic mass is 32.1. The summed E-state index contributed by atoms with van der Waals surface area (Å²) in [5, 5.41) is 5.44. The molecule has 2 aromatic heterocycles. The van der Waals surface area contributed by atoms with Gasteiger partial charge in [0, 0.05) is 19.3 Å². The first kappa shape index (κ1) is 13.7. The monoisotopic (exact) mass is 314 g/mol. The van der Waals surface area contributed by atoms with Gasteiger partial charge in [-0.2, -0.15) is 5.10 Å². The molecule has 4 rings (SSSR count). The Bertz CT molecular complexity index is 748. The van der Waals surface area contributed by atoms with E-state index in [-0.39, 0.29) is 6.10 Å². The van der Waals surface area contributed by atoms with Crippen LogP contribution in [0.3, 0.4) is 0 Å². The molecule has 1 unspecified atom stereocenters. The predicted octanol–water partition coefficient (Wildman–Crippen LogP) is 2.71. The quantitative estimate of drug-likeness (QED) is 0.745. The summed E-state index contributed by atoms with van der Waals surface area (Å²) in [4.78, 5) is 7.08. The van der Waals surface area contributed by atoms with Crippen molar-refractivity contribution in [2.45, 2.75) is 19.6 Å². The molecular formula is C16H18N4OS. The fraction of sp³-hybridized carbons (Fsp3) is 0.375. The molecule has 0 N–H and O–H groups in total. The van der Waals surface area contributed by atoms with Crippen molar-refractivity contribution in [3.05, 3.63) is 42.2 Å². The maximum atomic E-state index is 5.89. The van der Waals surface area contributed by atoms with Crippen molar-refractivity contribution in [3.63, 3.8) is 0 Å². The molecule has 0 bridgehead atoms. The number of rotatable bonds is 3. The SMILES string of the molecule is Cc1cnn(CC2CN(c3nc4ccccc4s3)CCO2)c1. The summed E-state index contributed by atoms with van der Waals surface area (Å²) >= 11 is 1.75. The zero-order chi connectivity index (χ0) is 14.9. The van der Waals surface area contributed by atoms with Crippen LogP contribution in [0, 0.1) is 6.92 Å². The number of aromatic nitrogens is 3. The summed E-state index contributed by atoms with van der Waals surface area (Å²) in [5.41, 5.74) is 2.26. The summed E-state index contributed by atoms with van der Waals surface area (Å²) in [7, 11) is 0. The molecule has 0 saturated carbocycles. The van der Waals surface area contributed by atoms with Crippen LogP contribution in [-0.4, -0.2) is 40.6 Å². The number of nitrogens with zero attached hydrogens (tertiary/aromatic N) is 4. The number of thiazole rings is 1. The largest absolute Gasteiger partial charge is 0.373 e. The van der Waals surface area contributed by atoms with Crippen LogP contribution < -0.4 is 4.90 Å². The van der Waals surface area contributed by atoms with E-state index in [1.54, 1.807) is 11.3 Å². The Labute approximate surface area is 133 Å². The molecule has 1 saturated heterocycles. The van der Waals surface area contributed by atoms with Crippen molar-refractivity contribution >= 4 is 26.7 Å². The lowest BCUT2D eigenvalue weighted by Crippen LogP contribution is -2.44. The van der Waals surface area contributed by atoms with E-state index in [2.05, 4.69) is 41.3 Å². The molecule has 0 amide bonds. The number of anilines is 1. The van der Waals surface area contributed by atoms with E-state index < -0.39 is 0 Å². The topological polar surface area (TPSA) is 43.2 Å². The van der Waals surface area contributed by atoms with Gasteiger partial charge in [0.05, 0.1) is 35.7 Å². The maximum absolute atomic E-state index is 5.89. The van der Waals surface area contributed by atoms with Gasteiger partial charge in [0.2, 0.25) is 0 Å². The molecule has 114 valence electrons. The van der Waals surface area contributed by atoms with E-state index in [9.17, 15) is 0 Å². The van der Waals surface area contributed by atoms with Gasteiger partial charge in [-0.25, -0.2) is 4.98 Å². The van der Waals surface area contributed by atoms with Gasteiger partial charge in [-0.1, -0.05) is 23.5 Å². The third-order valence-corrected chi connectivity index (χ3v) is 4.94. The first-order valence-electron chi connectivity index (χ1n) is 7.49. The summed E-state index contributed by atoms with van der Waals surface area (Å²) in [6.07, 6.45) is 4.09. The van der Waals surface area contributed by atoms with Gasteiger partial charge in [-0.3, -0.25) is 4.68 Å². The molecule has 3 aromatic rings. The van der Waals surface area contributed by atoms with Gasteiger partial charge in [0.15, 0.2) is 5.13 Å². The lowest BCUT2D eigenvalue weighted by molar-refractivity contribution is 0.0274. The van der Waals surface area contributed by atoms with E-state index in [1.807, 2.05) is 16.9 Å². The van der Waals surface area contributed by atoms with Crippen LogP contribution in [0.4, 0.5) is 5.13 Å². The van der Waals surface area contributed by atoms with Crippen LogP contribution >= 0.6 is 11.3 Å². The molecule has 1 fully saturated rings. The first-order valence-corrected chi connectivity index (χ1v) is 8.31. The average Bonchev–Trinajstić information content (AvgIpc) is 3.13. The van der Waals surface area contributed by atoms with Gasteiger partial charge < -0.3 is 9.64 Å². The second-order valence-corrected chi connectivity index (χ2v) is 6.65. The number of fused-ring (bicyclic) bond motifs is 1. The van der Waals surface area contributed by atoms with Crippen LogP contribution in [0.15, 0.2) is 36.7 Å². The second-order valence-electron chi connectivity index (χ2n) is 5.64. The highest BCUT2D eigenvalue weighted by molar-refractivity contribution is 7.22. The highest BCUT2D eigenvalue weighted by Crippen LogP contribution is 2.29. The fourth-order valence-electron chi connectivity index (χ4n) is 2.77. The minimum Gasteiger partial charge on any atom is -0.373 e. The molecule has 1 aliphatic rings. The molecule has 1 aliphatic heterocycles. The van der Waals surface area contributed by atoms with E-state index in [4.69, 9.17) is 9.72 Å². The number of para-hydroxylation sites is 1. The molecule has 6 heteroatoms. The maximum Gasteiger partial charge on any atom is 0.186 e. The number of benzene rings is 1. The van der Waals surface area contributed by atoms with Crippen molar-refractivity contribution in [1.82, 2.24) is 14.8 Å². The second kappa shape index (κ2) is 5.70. The number of hydrogen-bond donors (Lipinski definition) is 0. The van der Waals surface area contributed by atoms with Gasteiger partial charge in [-0.15, -0.1) is 0 Å². The fourth-order valence-corrected chi connectivity index (χ4v) is 3.77. The number of aryl methyl sites for hydroxylation is 1. The Morgan fingerprint density at radius 2 is 2.27 bits per heavy atom. The third-order valence-electron chi connectivity index (χ3n) is 3.84. The van der Waals surface area contributed by atoms with Crippen molar-refractivity contribution in [1.29, 1.82) is 0 Å². The lowest BCUT2D eigenvalue weighted by Gasteiger charge is -2.32. The molecule has 5 nitrogen and oxygen atoms in total. The normalized spacial score (nSPS) is 19.0. The van der Waals surface area contributed by atoms with Crippen LogP contribution in [0.5, 0.6) is 0 Å². The van der Waals surface area contributed by atoms with E-state index in [0.717, 1.165) is 36.9 Å². The Morgan fingerprint density at radius 3 is 3.09 bits per heavy atom. The smallest absolute Gasteiger partial charge is 0.186 e. The first-order chi connectivity index (χ1) is 10.8. The average molecular weight is 314 g/mol. The minimum absolute atomic E-state index is 0.153. The van der Waals surface area contributed by atoms with Crippen molar-refractivity contribution in [3.8, 4) is 0 Å². The predicted molar refractivity (Wildman–Crippen MR) is 88.5 cm³/mol. The van der Waals surface area contributed by atoms with Crippen LogP contribution in [0.2, 0.25) is 0 Å². The van der Waals surface area contributed by atoms with Crippen LogP contribution in [0.1, 0.15) is 5.56 Å². The van der Waals surface area contributed by atoms with Crippen molar-refractivity contribution < 1.29 is 4.74 Å². The molecule has 3 heterocycles. The number of morpholine rings is 1. The van der Waals surface area contributed by atoms with Gasteiger partial charge in [-0.05, 0) is 24.6 Å². The van der Waals surface area contributed by atoms with E-state index in [0.29, 0.717) is 0 Å². The van der Waals surface area contributed by atoms with Gasteiger partial charge in [0.25, 0.3) is 0 Å². The molecule has 0 radical (unpaired) electrons. The van der Waals surface area contributed by atoms with Crippen molar-refractivity contribution in [2.75, 3.05) is 24.6 Å². The Hall–Kier alpha value is -1.92. The minimum atomic E-state index is 0.153.